The number of pyridine rings is 1. The van der Waals surface area contributed by atoms with Crippen molar-refractivity contribution in [1.82, 2.24) is 4.98 Å². The minimum atomic E-state index is 0.0110. The summed E-state index contributed by atoms with van der Waals surface area (Å²) in [5.74, 6) is 1.80. The highest BCUT2D eigenvalue weighted by atomic mass is 16.5. The fourth-order valence-electron chi connectivity index (χ4n) is 1.98. The summed E-state index contributed by atoms with van der Waals surface area (Å²) < 4.78 is 5.35. The van der Waals surface area contributed by atoms with Crippen LogP contribution in [0.5, 0.6) is 0 Å². The SMILES string of the molecule is Cc1cc(N[C@@H](C)CO)nc(N2CCOCC2)c1. The van der Waals surface area contributed by atoms with E-state index >= 15 is 0 Å². The van der Waals surface area contributed by atoms with Gasteiger partial charge in [-0.25, -0.2) is 4.98 Å². The van der Waals surface area contributed by atoms with Gasteiger partial charge in [0.25, 0.3) is 0 Å². The molecular weight excluding hydrogens is 230 g/mol. The lowest BCUT2D eigenvalue weighted by Gasteiger charge is -2.28. The molecule has 0 amide bonds. The van der Waals surface area contributed by atoms with Crippen LogP contribution in [0.15, 0.2) is 12.1 Å². The van der Waals surface area contributed by atoms with E-state index in [-0.39, 0.29) is 12.6 Å². The molecule has 0 spiro atoms. The summed E-state index contributed by atoms with van der Waals surface area (Å²) in [6, 6.07) is 4.09. The van der Waals surface area contributed by atoms with Gasteiger partial charge in [0.15, 0.2) is 0 Å². The first-order valence-electron chi connectivity index (χ1n) is 6.38. The molecule has 1 fully saturated rings. The highest BCUT2D eigenvalue weighted by Gasteiger charge is 2.13. The number of anilines is 2. The first-order chi connectivity index (χ1) is 8.69. The molecule has 2 heterocycles. The molecule has 0 saturated carbocycles. The molecule has 0 aromatic carbocycles. The zero-order chi connectivity index (χ0) is 13.0. The van der Waals surface area contributed by atoms with Gasteiger partial charge in [0.2, 0.25) is 0 Å². The predicted molar refractivity (Wildman–Crippen MR) is 72.2 cm³/mol. The highest BCUT2D eigenvalue weighted by Crippen LogP contribution is 2.19. The van der Waals surface area contributed by atoms with Gasteiger partial charge in [0.1, 0.15) is 11.6 Å². The Hall–Kier alpha value is -1.33. The van der Waals surface area contributed by atoms with E-state index in [1.54, 1.807) is 0 Å². The van der Waals surface area contributed by atoms with Gasteiger partial charge in [-0.3, -0.25) is 0 Å². The molecule has 1 aromatic heterocycles. The van der Waals surface area contributed by atoms with Crippen molar-refractivity contribution in [2.24, 2.45) is 0 Å². The molecule has 2 N–H and O–H groups in total. The lowest BCUT2D eigenvalue weighted by Crippen LogP contribution is -2.37. The van der Waals surface area contributed by atoms with Gasteiger partial charge in [0.05, 0.1) is 19.8 Å². The van der Waals surface area contributed by atoms with Gasteiger partial charge in [-0.05, 0) is 31.5 Å². The molecule has 5 heteroatoms. The summed E-state index contributed by atoms with van der Waals surface area (Å²) in [5, 5.41) is 12.3. The van der Waals surface area contributed by atoms with Crippen LogP contribution in [0.25, 0.3) is 0 Å². The topological polar surface area (TPSA) is 57.6 Å². The number of aliphatic hydroxyl groups is 1. The van der Waals surface area contributed by atoms with Gasteiger partial charge in [-0.1, -0.05) is 0 Å². The number of nitrogens with one attached hydrogen (secondary N) is 1. The lowest BCUT2D eigenvalue weighted by molar-refractivity contribution is 0.122. The highest BCUT2D eigenvalue weighted by molar-refractivity contribution is 5.50. The Balaban J connectivity index is 2.14. The van der Waals surface area contributed by atoms with E-state index in [0.717, 1.165) is 37.9 Å². The molecule has 18 heavy (non-hydrogen) atoms. The van der Waals surface area contributed by atoms with Gasteiger partial charge < -0.3 is 20.1 Å². The van der Waals surface area contributed by atoms with E-state index in [1.807, 2.05) is 13.0 Å². The summed E-state index contributed by atoms with van der Waals surface area (Å²) in [5.41, 5.74) is 1.17. The third kappa shape index (κ3) is 3.34. The molecule has 1 aromatic rings. The molecule has 0 unspecified atom stereocenters. The van der Waals surface area contributed by atoms with E-state index in [2.05, 4.69) is 28.2 Å². The Morgan fingerprint density at radius 2 is 2.17 bits per heavy atom. The molecule has 0 aliphatic carbocycles. The molecule has 1 aliphatic rings. The Kier molecular flexibility index (Phi) is 4.38. The zero-order valence-corrected chi connectivity index (χ0v) is 11.0. The van der Waals surface area contributed by atoms with E-state index in [4.69, 9.17) is 9.84 Å². The second-order valence-corrected chi connectivity index (χ2v) is 4.72. The van der Waals surface area contributed by atoms with Crippen molar-refractivity contribution in [1.29, 1.82) is 0 Å². The lowest BCUT2D eigenvalue weighted by atomic mass is 10.2. The number of hydrogen-bond donors (Lipinski definition) is 2. The van der Waals surface area contributed by atoms with Crippen LogP contribution >= 0.6 is 0 Å². The summed E-state index contributed by atoms with van der Waals surface area (Å²) in [6.07, 6.45) is 0. The number of aryl methyl sites for hydroxylation is 1. The smallest absolute Gasteiger partial charge is 0.131 e. The number of aliphatic hydroxyl groups excluding tert-OH is 1. The zero-order valence-electron chi connectivity index (χ0n) is 11.0. The summed E-state index contributed by atoms with van der Waals surface area (Å²) >= 11 is 0. The normalized spacial score (nSPS) is 17.6. The van der Waals surface area contributed by atoms with Crippen LogP contribution < -0.4 is 10.2 Å². The third-order valence-corrected chi connectivity index (χ3v) is 2.96. The fourth-order valence-corrected chi connectivity index (χ4v) is 1.98. The van der Waals surface area contributed by atoms with Crippen LogP contribution in [-0.2, 0) is 4.74 Å². The van der Waals surface area contributed by atoms with Crippen LogP contribution in [0.2, 0.25) is 0 Å². The Morgan fingerprint density at radius 3 is 2.83 bits per heavy atom. The standard InChI is InChI=1S/C13H21N3O2/c1-10-7-12(14-11(2)9-17)15-13(8-10)16-3-5-18-6-4-16/h7-8,11,17H,3-6,9H2,1-2H3,(H,14,15)/t11-/m0/s1. The number of ether oxygens (including phenoxy) is 1. The van der Waals surface area contributed by atoms with Gasteiger partial charge in [-0.2, -0.15) is 0 Å². The number of hydrogen-bond acceptors (Lipinski definition) is 5. The first-order valence-corrected chi connectivity index (χ1v) is 6.38. The fraction of sp³-hybridized carbons (Fsp3) is 0.615. The van der Waals surface area contributed by atoms with Crippen LogP contribution in [0.1, 0.15) is 12.5 Å². The van der Waals surface area contributed by atoms with Gasteiger partial charge in [-0.15, -0.1) is 0 Å². The maximum absolute atomic E-state index is 9.07. The van der Waals surface area contributed by atoms with E-state index in [1.165, 1.54) is 5.56 Å². The van der Waals surface area contributed by atoms with Crippen molar-refractivity contribution >= 4 is 11.6 Å². The summed E-state index contributed by atoms with van der Waals surface area (Å²) in [6.45, 7) is 7.36. The number of nitrogens with zero attached hydrogens (tertiary/aromatic N) is 2. The van der Waals surface area contributed by atoms with Crippen molar-refractivity contribution in [2.45, 2.75) is 19.9 Å². The molecule has 5 nitrogen and oxygen atoms in total. The molecule has 1 atom stereocenters. The molecular formula is C13H21N3O2. The molecule has 2 rings (SSSR count). The van der Waals surface area contributed by atoms with Crippen molar-refractivity contribution in [3.63, 3.8) is 0 Å². The number of aromatic nitrogens is 1. The van der Waals surface area contributed by atoms with Crippen molar-refractivity contribution < 1.29 is 9.84 Å². The molecule has 100 valence electrons. The van der Waals surface area contributed by atoms with Crippen LogP contribution in [0, 0.1) is 6.92 Å². The Labute approximate surface area is 108 Å². The van der Waals surface area contributed by atoms with E-state index < -0.39 is 0 Å². The molecule has 1 aliphatic heterocycles. The Bertz CT molecular complexity index is 392. The van der Waals surface area contributed by atoms with Crippen molar-refractivity contribution in [3.05, 3.63) is 17.7 Å². The number of rotatable bonds is 4. The first kappa shape index (κ1) is 13.1. The van der Waals surface area contributed by atoms with E-state index in [9.17, 15) is 0 Å². The Morgan fingerprint density at radius 1 is 1.44 bits per heavy atom. The summed E-state index contributed by atoms with van der Waals surface area (Å²) in [4.78, 5) is 6.82. The van der Waals surface area contributed by atoms with E-state index in [0.29, 0.717) is 0 Å². The quantitative estimate of drug-likeness (QED) is 0.836. The summed E-state index contributed by atoms with van der Waals surface area (Å²) in [7, 11) is 0. The number of morpholine rings is 1. The second-order valence-electron chi connectivity index (χ2n) is 4.72. The van der Waals surface area contributed by atoms with Crippen molar-refractivity contribution in [2.75, 3.05) is 43.1 Å². The predicted octanol–water partition coefficient (Wildman–Crippen LogP) is 1.02. The molecule has 0 bridgehead atoms. The molecule has 1 saturated heterocycles. The second kappa shape index (κ2) is 6.02. The average Bonchev–Trinajstić information content (AvgIpc) is 2.39. The monoisotopic (exact) mass is 251 g/mol. The maximum Gasteiger partial charge on any atom is 0.131 e. The van der Waals surface area contributed by atoms with Crippen LogP contribution in [-0.4, -0.2) is 49.0 Å². The maximum atomic E-state index is 9.07. The third-order valence-electron chi connectivity index (χ3n) is 2.96. The minimum absolute atomic E-state index is 0.0110. The van der Waals surface area contributed by atoms with Crippen molar-refractivity contribution in [3.8, 4) is 0 Å². The minimum Gasteiger partial charge on any atom is -0.394 e. The molecule has 0 radical (unpaired) electrons. The van der Waals surface area contributed by atoms with Gasteiger partial charge >= 0.3 is 0 Å². The van der Waals surface area contributed by atoms with Gasteiger partial charge in [0, 0.05) is 19.1 Å². The van der Waals surface area contributed by atoms with Crippen LogP contribution in [0.3, 0.4) is 0 Å². The van der Waals surface area contributed by atoms with Crippen LogP contribution in [0.4, 0.5) is 11.6 Å². The largest absolute Gasteiger partial charge is 0.394 e. The average molecular weight is 251 g/mol.